The number of nitrogens with zero attached hydrogens (tertiary/aromatic N) is 1. The fourth-order valence-electron chi connectivity index (χ4n) is 3.43. The second-order valence-corrected chi connectivity index (χ2v) is 8.94. The maximum atomic E-state index is 13.2. The number of Topliss-reactive ketones (excluding diaryl/α,β-unsaturated/α-hetero) is 1. The molecule has 0 atom stereocenters. The molecule has 0 saturated heterocycles. The first-order valence-electron chi connectivity index (χ1n) is 10.1. The summed E-state index contributed by atoms with van der Waals surface area (Å²) in [6.07, 6.45) is 0. The van der Waals surface area contributed by atoms with Crippen molar-refractivity contribution >= 4 is 45.9 Å². The number of halogens is 2. The van der Waals surface area contributed by atoms with Crippen LogP contribution in [0.5, 0.6) is 0 Å². The van der Waals surface area contributed by atoms with Gasteiger partial charge in [-0.3, -0.25) is 4.79 Å². The number of hydrogen-bond donors (Lipinski definition) is 1. The number of hydrogen-bond acceptors (Lipinski definition) is 6. The van der Waals surface area contributed by atoms with E-state index in [1.165, 1.54) is 42.3 Å². The number of anilines is 1. The van der Waals surface area contributed by atoms with Gasteiger partial charge in [-0.1, -0.05) is 11.6 Å². The Hall–Kier alpha value is -3.39. The summed E-state index contributed by atoms with van der Waals surface area (Å²) in [5, 5.41) is 0.626. The third-order valence-corrected chi connectivity index (χ3v) is 4.99. The zero-order valence-corrected chi connectivity index (χ0v) is 19.7. The third kappa shape index (κ3) is 5.34. The van der Waals surface area contributed by atoms with Gasteiger partial charge in [0.1, 0.15) is 17.1 Å². The molecule has 3 aromatic rings. The van der Waals surface area contributed by atoms with E-state index in [4.69, 9.17) is 21.1 Å². The minimum Gasteiger partial charge on any atom is -0.464 e. The van der Waals surface area contributed by atoms with Gasteiger partial charge in [-0.2, -0.15) is 0 Å². The van der Waals surface area contributed by atoms with Crippen LogP contribution in [0, 0.1) is 5.82 Å². The number of aromatic nitrogens is 1. The Morgan fingerprint density at radius 2 is 1.73 bits per heavy atom. The van der Waals surface area contributed by atoms with Gasteiger partial charge in [-0.15, -0.1) is 0 Å². The highest BCUT2D eigenvalue weighted by Crippen LogP contribution is 2.36. The van der Waals surface area contributed by atoms with Crippen LogP contribution in [-0.4, -0.2) is 49.0 Å². The fraction of sp³-hybridized carbons (Fsp3) is 0.292. The molecule has 1 heterocycles. The number of likely N-dealkylation sites (N-methyl/N-ethyl adjacent to an activating group) is 1. The van der Waals surface area contributed by atoms with Crippen molar-refractivity contribution in [3.63, 3.8) is 0 Å². The average Bonchev–Trinajstić information content (AvgIpc) is 3.11. The highest BCUT2D eigenvalue weighted by Gasteiger charge is 2.29. The van der Waals surface area contributed by atoms with Gasteiger partial charge in [0.15, 0.2) is 5.78 Å². The van der Waals surface area contributed by atoms with Gasteiger partial charge in [0.2, 0.25) is 0 Å². The van der Waals surface area contributed by atoms with E-state index < -0.39 is 23.4 Å². The number of carbonyl (C=O) groups excluding carboxylic acids is 3. The molecule has 0 fully saturated rings. The van der Waals surface area contributed by atoms with E-state index in [2.05, 4.69) is 4.98 Å². The minimum absolute atomic E-state index is 0.0500. The number of aromatic amines is 1. The van der Waals surface area contributed by atoms with Crippen LogP contribution in [0.2, 0.25) is 5.02 Å². The van der Waals surface area contributed by atoms with E-state index in [0.29, 0.717) is 16.5 Å². The molecular formula is C24H24ClFN2O5. The maximum absolute atomic E-state index is 13.2. The maximum Gasteiger partial charge on any atom is 0.356 e. The van der Waals surface area contributed by atoms with E-state index in [1.807, 2.05) is 0 Å². The average molecular weight is 475 g/mol. The number of H-pyrrole nitrogens is 1. The Kier molecular flexibility index (Phi) is 6.78. The monoisotopic (exact) mass is 474 g/mol. The summed E-state index contributed by atoms with van der Waals surface area (Å²) in [6.45, 7) is 5.05. The molecule has 0 aliphatic carbocycles. The summed E-state index contributed by atoms with van der Waals surface area (Å²) < 4.78 is 23.7. The van der Waals surface area contributed by atoms with Crippen LogP contribution in [0.15, 0.2) is 36.4 Å². The number of carbonyl (C=O) groups is 3. The standard InChI is InChI=1S/C24H24ClFN2O5/c1-24(2,3)33-22(30)16-10-14(25)11-17-19(16)21(20(27-17)23(31)32-5)28(4)12-18(29)13-6-8-15(26)9-7-13/h6-11,27H,12H2,1-5H3. The van der Waals surface area contributed by atoms with Crippen molar-refractivity contribution in [1.29, 1.82) is 0 Å². The van der Waals surface area contributed by atoms with Crippen molar-refractivity contribution in [2.45, 2.75) is 26.4 Å². The fourth-order valence-corrected chi connectivity index (χ4v) is 3.64. The molecule has 0 spiro atoms. The van der Waals surface area contributed by atoms with E-state index in [1.54, 1.807) is 33.9 Å². The van der Waals surface area contributed by atoms with Crippen molar-refractivity contribution in [2.24, 2.45) is 0 Å². The lowest BCUT2D eigenvalue weighted by Crippen LogP contribution is -2.28. The number of fused-ring (bicyclic) bond motifs is 1. The summed E-state index contributed by atoms with van der Waals surface area (Å²) in [4.78, 5) is 42.8. The molecule has 2 aromatic carbocycles. The van der Waals surface area contributed by atoms with Crippen LogP contribution in [0.1, 0.15) is 52.0 Å². The van der Waals surface area contributed by atoms with Gasteiger partial charge < -0.3 is 19.4 Å². The van der Waals surface area contributed by atoms with Crippen molar-refractivity contribution in [3.8, 4) is 0 Å². The second kappa shape index (κ2) is 9.23. The van der Waals surface area contributed by atoms with Crippen molar-refractivity contribution in [3.05, 3.63) is 64.1 Å². The molecule has 9 heteroatoms. The minimum atomic E-state index is -0.766. The SMILES string of the molecule is COC(=O)c1[nH]c2cc(Cl)cc(C(=O)OC(C)(C)C)c2c1N(C)CC(=O)c1ccc(F)cc1. The number of methoxy groups -OCH3 is 1. The Morgan fingerprint density at radius 3 is 2.30 bits per heavy atom. The van der Waals surface area contributed by atoms with Gasteiger partial charge in [-0.25, -0.2) is 14.0 Å². The molecule has 3 rings (SSSR count). The van der Waals surface area contributed by atoms with Crippen LogP contribution in [0.25, 0.3) is 10.9 Å². The molecule has 0 saturated carbocycles. The summed E-state index contributed by atoms with van der Waals surface area (Å²) in [7, 11) is 2.83. The largest absolute Gasteiger partial charge is 0.464 e. The van der Waals surface area contributed by atoms with Crippen LogP contribution in [0.3, 0.4) is 0 Å². The van der Waals surface area contributed by atoms with E-state index in [9.17, 15) is 18.8 Å². The Labute approximate surface area is 195 Å². The van der Waals surface area contributed by atoms with Crippen molar-refractivity contribution in [1.82, 2.24) is 4.98 Å². The van der Waals surface area contributed by atoms with Gasteiger partial charge in [-0.05, 0) is 57.2 Å². The number of rotatable bonds is 6. The Bertz CT molecular complexity index is 1230. The normalized spacial score (nSPS) is 11.4. The lowest BCUT2D eigenvalue weighted by Gasteiger charge is -2.22. The lowest BCUT2D eigenvalue weighted by atomic mass is 10.1. The summed E-state index contributed by atoms with van der Waals surface area (Å²) in [5.74, 6) is -2.09. The molecule has 0 bridgehead atoms. The quantitative estimate of drug-likeness (QED) is 0.398. The molecule has 0 aliphatic rings. The summed E-state index contributed by atoms with van der Waals surface area (Å²) in [5.41, 5.74) is 0.407. The second-order valence-electron chi connectivity index (χ2n) is 8.50. The Morgan fingerprint density at radius 1 is 1.09 bits per heavy atom. The first-order chi connectivity index (χ1) is 15.4. The molecule has 0 unspecified atom stereocenters. The highest BCUT2D eigenvalue weighted by molar-refractivity contribution is 6.32. The van der Waals surface area contributed by atoms with Gasteiger partial charge in [0.05, 0.1) is 30.4 Å². The van der Waals surface area contributed by atoms with Crippen molar-refractivity contribution in [2.75, 3.05) is 25.6 Å². The van der Waals surface area contributed by atoms with Crippen LogP contribution < -0.4 is 4.90 Å². The van der Waals surface area contributed by atoms with E-state index in [-0.39, 0.29) is 34.3 Å². The Balaban J connectivity index is 2.14. The zero-order valence-electron chi connectivity index (χ0n) is 18.9. The number of ether oxygens (including phenoxy) is 2. The first kappa shape index (κ1) is 24.3. The molecule has 1 N–H and O–H groups in total. The summed E-state index contributed by atoms with van der Waals surface area (Å²) in [6, 6.07) is 8.17. The molecular weight excluding hydrogens is 451 g/mol. The van der Waals surface area contributed by atoms with E-state index in [0.717, 1.165) is 0 Å². The van der Waals surface area contributed by atoms with Crippen LogP contribution in [-0.2, 0) is 9.47 Å². The predicted octanol–water partition coefficient (Wildman–Crippen LogP) is 5.02. The lowest BCUT2D eigenvalue weighted by molar-refractivity contribution is 0.00715. The van der Waals surface area contributed by atoms with Crippen LogP contribution in [0.4, 0.5) is 10.1 Å². The van der Waals surface area contributed by atoms with E-state index >= 15 is 0 Å². The zero-order chi connectivity index (χ0) is 24.5. The van der Waals surface area contributed by atoms with Crippen LogP contribution >= 0.6 is 11.6 Å². The predicted molar refractivity (Wildman–Crippen MR) is 124 cm³/mol. The summed E-state index contributed by atoms with van der Waals surface area (Å²) >= 11 is 6.23. The molecule has 33 heavy (non-hydrogen) atoms. The smallest absolute Gasteiger partial charge is 0.356 e. The topological polar surface area (TPSA) is 88.7 Å². The third-order valence-electron chi connectivity index (χ3n) is 4.77. The van der Waals surface area contributed by atoms with Gasteiger partial charge in [0, 0.05) is 23.0 Å². The first-order valence-corrected chi connectivity index (χ1v) is 10.5. The molecule has 0 radical (unpaired) electrons. The number of nitrogens with one attached hydrogen (secondary N) is 1. The number of ketones is 1. The number of benzene rings is 2. The van der Waals surface area contributed by atoms with Crippen molar-refractivity contribution < 1.29 is 28.2 Å². The molecule has 174 valence electrons. The highest BCUT2D eigenvalue weighted by atomic mass is 35.5. The molecule has 0 amide bonds. The van der Waals surface area contributed by atoms with Gasteiger partial charge >= 0.3 is 11.9 Å². The van der Waals surface area contributed by atoms with Gasteiger partial charge in [0.25, 0.3) is 0 Å². The molecule has 1 aromatic heterocycles. The molecule has 0 aliphatic heterocycles. The number of esters is 2. The molecule has 7 nitrogen and oxygen atoms in total.